The summed E-state index contributed by atoms with van der Waals surface area (Å²) in [6.07, 6.45) is 2.49. The van der Waals surface area contributed by atoms with Gasteiger partial charge in [-0.2, -0.15) is 0 Å². The highest BCUT2D eigenvalue weighted by Gasteiger charge is 2.19. The predicted molar refractivity (Wildman–Crippen MR) is 49.7 cm³/mol. The average molecular weight is 219 g/mol. The number of H-pyrrole nitrogens is 1. The minimum atomic E-state index is -3.64. The van der Waals surface area contributed by atoms with Gasteiger partial charge in [-0.25, -0.2) is 13.4 Å². The maximum Gasteiger partial charge on any atom is 0.279 e. The summed E-state index contributed by atoms with van der Waals surface area (Å²) in [6.45, 7) is 5.22. The van der Waals surface area contributed by atoms with E-state index in [0.717, 1.165) is 0 Å². The fraction of sp³-hybridized carbons (Fsp3) is 0.571. The van der Waals surface area contributed by atoms with E-state index in [9.17, 15) is 8.42 Å². The molecule has 0 radical (unpaired) electrons. The molecule has 0 aliphatic carbocycles. The Morgan fingerprint density at radius 2 is 2.14 bits per heavy atom. The van der Waals surface area contributed by atoms with Crippen LogP contribution >= 0.6 is 0 Å². The van der Waals surface area contributed by atoms with Crippen molar-refractivity contribution >= 4 is 10.0 Å². The molecule has 0 fully saturated rings. The van der Waals surface area contributed by atoms with E-state index in [4.69, 9.17) is 4.84 Å². The van der Waals surface area contributed by atoms with Gasteiger partial charge in [-0.05, 0) is 20.8 Å². The Morgan fingerprint density at radius 1 is 1.50 bits per heavy atom. The van der Waals surface area contributed by atoms with Crippen molar-refractivity contribution in [2.75, 3.05) is 0 Å². The van der Waals surface area contributed by atoms with Crippen molar-refractivity contribution in [1.29, 1.82) is 0 Å². The molecule has 0 aliphatic heterocycles. The zero-order valence-electron chi connectivity index (χ0n) is 8.23. The van der Waals surface area contributed by atoms with Crippen LogP contribution in [0.15, 0.2) is 17.6 Å². The molecule has 14 heavy (non-hydrogen) atoms. The molecule has 0 bridgehead atoms. The first-order valence-electron chi connectivity index (χ1n) is 3.99. The van der Waals surface area contributed by atoms with Crippen LogP contribution in [0.2, 0.25) is 0 Å². The van der Waals surface area contributed by atoms with Gasteiger partial charge in [0.15, 0.2) is 5.03 Å². The minimum absolute atomic E-state index is 0.0262. The summed E-state index contributed by atoms with van der Waals surface area (Å²) >= 11 is 0. The van der Waals surface area contributed by atoms with Crippen LogP contribution in [0.5, 0.6) is 0 Å². The van der Waals surface area contributed by atoms with Crippen molar-refractivity contribution in [2.45, 2.75) is 31.4 Å². The molecule has 0 saturated carbocycles. The standard InChI is InChI=1S/C7H13N3O3S/c1-7(2,3)13-10-14(11,12)6-4-8-5-9-6/h4-5,10H,1-3H3,(H,8,9). The number of hydrogen-bond donors (Lipinski definition) is 2. The van der Waals surface area contributed by atoms with E-state index in [2.05, 4.69) is 9.97 Å². The van der Waals surface area contributed by atoms with Gasteiger partial charge < -0.3 is 4.98 Å². The lowest BCUT2D eigenvalue weighted by molar-refractivity contribution is -0.0358. The van der Waals surface area contributed by atoms with Gasteiger partial charge in [0, 0.05) is 0 Å². The predicted octanol–water partition coefficient (Wildman–Crippen LogP) is 0.418. The second kappa shape index (κ2) is 3.68. The lowest BCUT2D eigenvalue weighted by Gasteiger charge is -2.18. The molecule has 1 heterocycles. The van der Waals surface area contributed by atoms with E-state index >= 15 is 0 Å². The smallest absolute Gasteiger partial charge is 0.279 e. The molecule has 0 spiro atoms. The van der Waals surface area contributed by atoms with Crippen LogP contribution in [0.1, 0.15) is 20.8 Å². The molecule has 0 aromatic carbocycles. The first kappa shape index (κ1) is 11.2. The fourth-order valence-corrected chi connectivity index (χ4v) is 1.47. The Kier molecular flexibility index (Phi) is 2.93. The maximum atomic E-state index is 11.4. The normalized spacial score (nSPS) is 13.1. The molecule has 1 rings (SSSR count). The number of nitrogens with zero attached hydrogens (tertiary/aromatic N) is 1. The van der Waals surface area contributed by atoms with Gasteiger partial charge in [0.2, 0.25) is 0 Å². The van der Waals surface area contributed by atoms with Crippen LogP contribution in [0.3, 0.4) is 0 Å². The van der Waals surface area contributed by atoms with Crippen molar-refractivity contribution in [2.24, 2.45) is 0 Å². The molecule has 0 amide bonds. The molecule has 0 saturated heterocycles. The number of aromatic nitrogens is 2. The molecular weight excluding hydrogens is 206 g/mol. The van der Waals surface area contributed by atoms with Crippen molar-refractivity contribution in [3.05, 3.63) is 12.5 Å². The van der Waals surface area contributed by atoms with Crippen molar-refractivity contribution in [3.8, 4) is 0 Å². The zero-order valence-corrected chi connectivity index (χ0v) is 9.05. The first-order chi connectivity index (χ1) is 6.31. The van der Waals surface area contributed by atoms with E-state index in [1.807, 2.05) is 4.89 Å². The van der Waals surface area contributed by atoms with Gasteiger partial charge in [0.1, 0.15) is 0 Å². The molecule has 0 atom stereocenters. The van der Waals surface area contributed by atoms with Crippen molar-refractivity contribution in [3.63, 3.8) is 0 Å². The number of nitrogens with one attached hydrogen (secondary N) is 2. The van der Waals surface area contributed by atoms with Crippen LogP contribution in [0, 0.1) is 0 Å². The van der Waals surface area contributed by atoms with Gasteiger partial charge in [-0.15, -0.1) is 0 Å². The summed E-state index contributed by atoms with van der Waals surface area (Å²) in [6, 6.07) is 0. The Labute approximate surface area is 82.7 Å². The number of aromatic amines is 1. The first-order valence-corrected chi connectivity index (χ1v) is 5.48. The summed E-state index contributed by atoms with van der Waals surface area (Å²) in [4.78, 5) is 13.0. The monoisotopic (exact) mass is 219 g/mol. The summed E-state index contributed by atoms with van der Waals surface area (Å²) in [5.41, 5.74) is -0.576. The van der Waals surface area contributed by atoms with Crippen molar-refractivity contribution in [1.82, 2.24) is 14.9 Å². The van der Waals surface area contributed by atoms with Gasteiger partial charge >= 0.3 is 0 Å². The second-order valence-corrected chi connectivity index (χ2v) is 5.33. The minimum Gasteiger partial charge on any atom is -0.335 e. The SMILES string of the molecule is CC(C)(C)ONS(=O)(=O)c1cnc[nH]1. The Morgan fingerprint density at radius 3 is 2.57 bits per heavy atom. The quantitative estimate of drug-likeness (QED) is 0.721. The molecule has 80 valence electrons. The second-order valence-electron chi connectivity index (χ2n) is 3.72. The third-order valence-corrected chi connectivity index (χ3v) is 2.33. The van der Waals surface area contributed by atoms with E-state index in [0.29, 0.717) is 0 Å². The third kappa shape index (κ3) is 3.09. The van der Waals surface area contributed by atoms with Crippen LogP contribution in [0.4, 0.5) is 0 Å². The molecule has 1 aromatic heterocycles. The lowest BCUT2D eigenvalue weighted by atomic mass is 10.2. The summed E-state index contributed by atoms with van der Waals surface area (Å²) in [7, 11) is -3.64. The largest absolute Gasteiger partial charge is 0.335 e. The van der Waals surface area contributed by atoms with Gasteiger partial charge in [-0.3, -0.25) is 4.84 Å². The zero-order chi connectivity index (χ0) is 10.8. The van der Waals surface area contributed by atoms with Gasteiger partial charge in [-0.1, -0.05) is 4.89 Å². The highest BCUT2D eigenvalue weighted by atomic mass is 32.2. The highest BCUT2D eigenvalue weighted by molar-refractivity contribution is 7.89. The van der Waals surface area contributed by atoms with E-state index in [1.54, 1.807) is 20.8 Å². The average Bonchev–Trinajstić information content (AvgIpc) is 2.52. The molecule has 7 heteroatoms. The Bertz CT molecular complexity index is 377. The lowest BCUT2D eigenvalue weighted by Crippen LogP contribution is -2.33. The summed E-state index contributed by atoms with van der Waals surface area (Å²) in [5.74, 6) is 0. The van der Waals surface area contributed by atoms with Crippen LogP contribution in [0.25, 0.3) is 0 Å². The van der Waals surface area contributed by atoms with E-state index in [1.165, 1.54) is 12.5 Å². The number of imidazole rings is 1. The van der Waals surface area contributed by atoms with E-state index in [-0.39, 0.29) is 5.03 Å². The van der Waals surface area contributed by atoms with Crippen LogP contribution < -0.4 is 4.89 Å². The topological polar surface area (TPSA) is 84.1 Å². The molecule has 2 N–H and O–H groups in total. The number of hydrogen-bond acceptors (Lipinski definition) is 4. The Balaban J connectivity index is 2.70. The van der Waals surface area contributed by atoms with Gasteiger partial charge in [0.05, 0.1) is 18.1 Å². The van der Waals surface area contributed by atoms with Crippen molar-refractivity contribution < 1.29 is 13.3 Å². The highest BCUT2D eigenvalue weighted by Crippen LogP contribution is 2.08. The molecule has 1 aromatic rings. The maximum absolute atomic E-state index is 11.4. The van der Waals surface area contributed by atoms with Crippen LogP contribution in [-0.2, 0) is 14.9 Å². The third-order valence-electron chi connectivity index (χ3n) is 1.22. The number of sulfonamides is 1. The summed E-state index contributed by atoms with van der Waals surface area (Å²) < 4.78 is 22.9. The Hall–Kier alpha value is -0.920. The summed E-state index contributed by atoms with van der Waals surface area (Å²) in [5, 5.41) is -0.0262. The van der Waals surface area contributed by atoms with Gasteiger partial charge in [0.25, 0.3) is 10.0 Å². The number of rotatable bonds is 3. The molecule has 6 nitrogen and oxygen atoms in total. The molecule has 0 unspecified atom stereocenters. The fourth-order valence-electron chi connectivity index (χ4n) is 0.615. The van der Waals surface area contributed by atoms with E-state index < -0.39 is 15.6 Å². The van der Waals surface area contributed by atoms with Crippen LogP contribution in [-0.4, -0.2) is 24.0 Å². The molecular formula is C7H13N3O3S. The molecule has 0 aliphatic rings.